The number of oxazole rings is 1. The number of amides is 1. The molecule has 0 atom stereocenters. The molecule has 0 radical (unpaired) electrons. The van der Waals surface area contributed by atoms with Crippen LogP contribution in [0.15, 0.2) is 22.9 Å². The minimum atomic E-state index is -2.52. The number of aromatic hydroxyl groups is 1. The maximum Gasteiger partial charge on any atom is 0.269 e. The van der Waals surface area contributed by atoms with Crippen LogP contribution in [0.2, 0.25) is 0 Å². The van der Waals surface area contributed by atoms with Gasteiger partial charge in [-0.15, -0.1) is 0 Å². The quantitative estimate of drug-likeness (QED) is 0.491. The molecule has 0 aliphatic rings. The van der Waals surface area contributed by atoms with Crippen LogP contribution in [-0.2, 0) is 6.54 Å². The largest absolute Gasteiger partial charge is 0.504 e. The van der Waals surface area contributed by atoms with E-state index in [0.29, 0.717) is 16.6 Å². The van der Waals surface area contributed by atoms with E-state index in [-0.39, 0.29) is 41.1 Å². The summed E-state index contributed by atoms with van der Waals surface area (Å²) >= 11 is 0. The van der Waals surface area contributed by atoms with E-state index < -0.39 is 18.8 Å². The lowest BCUT2D eigenvalue weighted by molar-refractivity contribution is 0.0996. The molecule has 4 aromatic heterocycles. The Kier molecular flexibility index (Phi) is 4.68. The molecule has 4 aromatic rings. The molecule has 0 fully saturated rings. The van der Waals surface area contributed by atoms with Crippen LogP contribution in [0.4, 0.5) is 8.78 Å². The first kappa shape index (κ1) is 19.5. The second-order valence-electron chi connectivity index (χ2n) is 6.66. The van der Waals surface area contributed by atoms with Gasteiger partial charge in [0.1, 0.15) is 12.0 Å². The summed E-state index contributed by atoms with van der Waals surface area (Å²) < 4.78 is 33.3. The van der Waals surface area contributed by atoms with Gasteiger partial charge in [-0.25, -0.2) is 13.5 Å². The van der Waals surface area contributed by atoms with Crippen LogP contribution in [0.3, 0.4) is 0 Å². The van der Waals surface area contributed by atoms with Crippen molar-refractivity contribution in [2.24, 2.45) is 5.73 Å². The number of alkyl halides is 2. The Hall–Kier alpha value is -3.83. The van der Waals surface area contributed by atoms with E-state index in [1.807, 2.05) is 0 Å². The predicted molar refractivity (Wildman–Crippen MR) is 100 cm³/mol. The van der Waals surface area contributed by atoms with Gasteiger partial charge in [-0.3, -0.25) is 14.5 Å². The standard InChI is InChI=1S/C18H17F2N7O3/c1-8-5-10-11(6-22-8)27(25-14(10)17(21)29)13-7-30-18(23-13)15-16(28)9(2)24-26(15)4-3-12(19)20/h5-7,12,28H,3-4H2,1-2H3,(H2,21,29). The Labute approximate surface area is 167 Å². The van der Waals surface area contributed by atoms with Crippen molar-refractivity contribution in [3.05, 3.63) is 35.6 Å². The van der Waals surface area contributed by atoms with Crippen molar-refractivity contribution in [3.63, 3.8) is 0 Å². The minimum Gasteiger partial charge on any atom is -0.504 e. The van der Waals surface area contributed by atoms with Crippen molar-refractivity contribution in [2.75, 3.05) is 0 Å². The van der Waals surface area contributed by atoms with Gasteiger partial charge in [0.25, 0.3) is 11.8 Å². The number of nitrogens with two attached hydrogens (primary N) is 1. The van der Waals surface area contributed by atoms with E-state index in [1.165, 1.54) is 28.7 Å². The first-order valence-electron chi connectivity index (χ1n) is 8.92. The number of halogens is 2. The number of carbonyl (C=O) groups is 1. The fraction of sp³-hybridized carbons (Fsp3) is 0.278. The fourth-order valence-corrected chi connectivity index (χ4v) is 3.11. The molecule has 0 aliphatic carbocycles. The summed E-state index contributed by atoms with van der Waals surface area (Å²) in [5.74, 6) is -0.793. The van der Waals surface area contributed by atoms with Crippen LogP contribution in [0.25, 0.3) is 28.3 Å². The van der Waals surface area contributed by atoms with Gasteiger partial charge >= 0.3 is 0 Å². The number of aromatic nitrogens is 6. The molecule has 0 aliphatic heterocycles. The molecule has 0 aromatic carbocycles. The smallest absolute Gasteiger partial charge is 0.269 e. The number of pyridine rings is 1. The van der Waals surface area contributed by atoms with Gasteiger partial charge in [-0.05, 0) is 19.9 Å². The van der Waals surface area contributed by atoms with Crippen molar-refractivity contribution in [2.45, 2.75) is 33.2 Å². The fourth-order valence-electron chi connectivity index (χ4n) is 3.11. The summed E-state index contributed by atoms with van der Waals surface area (Å²) in [6.45, 7) is 3.17. The van der Waals surface area contributed by atoms with E-state index in [4.69, 9.17) is 10.2 Å². The molecule has 30 heavy (non-hydrogen) atoms. The molecule has 3 N–H and O–H groups in total. The van der Waals surface area contributed by atoms with E-state index in [9.17, 15) is 18.7 Å². The van der Waals surface area contributed by atoms with Crippen molar-refractivity contribution in [1.29, 1.82) is 0 Å². The molecule has 0 unspecified atom stereocenters. The molecule has 156 valence electrons. The number of primary amides is 1. The molecule has 0 saturated carbocycles. The summed E-state index contributed by atoms with van der Waals surface area (Å²) in [4.78, 5) is 20.3. The van der Waals surface area contributed by atoms with Gasteiger partial charge < -0.3 is 15.3 Å². The SMILES string of the molecule is Cc1cc2c(C(N)=O)nn(-c3coc(-c4c(O)c(C)nn4CCC(F)F)n3)c2cn1. The number of rotatable bonds is 6. The number of carbonyl (C=O) groups excluding carboxylic acids is 1. The van der Waals surface area contributed by atoms with Crippen LogP contribution in [0, 0.1) is 13.8 Å². The van der Waals surface area contributed by atoms with E-state index >= 15 is 0 Å². The number of aryl methyl sites for hydroxylation is 3. The normalized spacial score (nSPS) is 11.6. The van der Waals surface area contributed by atoms with Crippen molar-refractivity contribution in [1.82, 2.24) is 29.5 Å². The lowest BCUT2D eigenvalue weighted by Gasteiger charge is -2.04. The van der Waals surface area contributed by atoms with Crippen molar-refractivity contribution < 1.29 is 23.1 Å². The zero-order valence-corrected chi connectivity index (χ0v) is 16.0. The maximum atomic E-state index is 12.6. The second kappa shape index (κ2) is 7.21. The molecule has 1 amide bonds. The molecule has 0 bridgehead atoms. The van der Waals surface area contributed by atoms with Crippen molar-refractivity contribution in [3.8, 4) is 23.2 Å². The Morgan fingerprint density at radius 3 is 2.80 bits per heavy atom. The monoisotopic (exact) mass is 417 g/mol. The molecule has 4 heterocycles. The molecular weight excluding hydrogens is 400 g/mol. The number of hydrogen-bond donors (Lipinski definition) is 2. The van der Waals surface area contributed by atoms with Gasteiger partial charge in [0.05, 0.1) is 11.7 Å². The third-order valence-electron chi connectivity index (χ3n) is 4.50. The Morgan fingerprint density at radius 2 is 2.10 bits per heavy atom. The highest BCUT2D eigenvalue weighted by atomic mass is 19.3. The number of fused-ring (bicyclic) bond motifs is 1. The number of hydrogen-bond acceptors (Lipinski definition) is 7. The molecule has 4 rings (SSSR count). The average Bonchev–Trinajstić information content (AvgIpc) is 3.36. The molecule has 10 nitrogen and oxygen atoms in total. The summed E-state index contributed by atoms with van der Waals surface area (Å²) in [6.07, 6.45) is -0.195. The lowest BCUT2D eigenvalue weighted by Crippen LogP contribution is -2.12. The van der Waals surface area contributed by atoms with Gasteiger partial charge in [-0.2, -0.15) is 15.2 Å². The average molecular weight is 417 g/mol. The van der Waals surface area contributed by atoms with E-state index in [2.05, 4.69) is 20.2 Å². The minimum absolute atomic E-state index is 0.0401. The first-order chi connectivity index (χ1) is 14.3. The summed E-state index contributed by atoms with van der Waals surface area (Å²) in [5.41, 5.74) is 6.94. The summed E-state index contributed by atoms with van der Waals surface area (Å²) in [7, 11) is 0. The van der Waals surface area contributed by atoms with Gasteiger partial charge in [0.15, 0.2) is 23.0 Å². The Morgan fingerprint density at radius 1 is 1.33 bits per heavy atom. The first-order valence-corrected chi connectivity index (χ1v) is 8.92. The highest BCUT2D eigenvalue weighted by Gasteiger charge is 2.24. The Balaban J connectivity index is 1.81. The third kappa shape index (κ3) is 3.25. The second-order valence-corrected chi connectivity index (χ2v) is 6.66. The van der Waals surface area contributed by atoms with Crippen molar-refractivity contribution >= 4 is 16.8 Å². The van der Waals surface area contributed by atoms with Crippen LogP contribution in [0.1, 0.15) is 28.3 Å². The van der Waals surface area contributed by atoms with Crippen LogP contribution < -0.4 is 5.73 Å². The van der Waals surface area contributed by atoms with Crippen LogP contribution >= 0.6 is 0 Å². The molecule has 12 heteroatoms. The van der Waals surface area contributed by atoms with E-state index in [1.54, 1.807) is 13.0 Å². The Bertz CT molecular complexity index is 1260. The molecular formula is C18H17F2N7O3. The van der Waals surface area contributed by atoms with E-state index in [0.717, 1.165) is 0 Å². The highest BCUT2D eigenvalue weighted by molar-refractivity contribution is 6.04. The van der Waals surface area contributed by atoms with Gasteiger partial charge in [0.2, 0.25) is 6.43 Å². The van der Waals surface area contributed by atoms with Gasteiger partial charge in [0, 0.05) is 24.0 Å². The predicted octanol–water partition coefficient (Wildman–Crippen LogP) is 2.35. The molecule has 0 saturated heterocycles. The summed E-state index contributed by atoms with van der Waals surface area (Å²) in [6, 6.07) is 1.68. The lowest BCUT2D eigenvalue weighted by atomic mass is 10.2. The number of nitrogens with zero attached hydrogens (tertiary/aromatic N) is 6. The van der Waals surface area contributed by atoms with Crippen LogP contribution in [0.5, 0.6) is 5.75 Å². The zero-order chi connectivity index (χ0) is 21.6. The molecule has 0 spiro atoms. The van der Waals surface area contributed by atoms with Gasteiger partial charge in [-0.1, -0.05) is 0 Å². The topological polar surface area (TPSA) is 138 Å². The third-order valence-corrected chi connectivity index (χ3v) is 4.50. The maximum absolute atomic E-state index is 12.6. The van der Waals surface area contributed by atoms with Crippen LogP contribution in [-0.4, -0.2) is 47.0 Å². The summed E-state index contributed by atoms with van der Waals surface area (Å²) in [5, 5.41) is 19.1. The zero-order valence-electron chi connectivity index (χ0n) is 16.0. The highest BCUT2D eigenvalue weighted by Crippen LogP contribution is 2.33.